The molecule has 0 saturated heterocycles. The number of carbonyl (C=O) groups is 1. The molecule has 1 aromatic rings. The maximum atomic E-state index is 12.6. The molecule has 0 aromatic heterocycles. The predicted molar refractivity (Wildman–Crippen MR) is 54.1 cm³/mol. The number of rotatable bonds is 3. The van der Waals surface area contributed by atoms with E-state index in [0.717, 1.165) is 7.11 Å². The van der Waals surface area contributed by atoms with Crippen LogP contribution in [0, 0.1) is 11.3 Å². The number of alkyl halides is 5. The second kappa shape index (κ2) is 5.73. The van der Waals surface area contributed by atoms with E-state index in [2.05, 4.69) is 9.47 Å². The Labute approximate surface area is 109 Å². The minimum Gasteiger partial charge on any atom is -0.465 e. The van der Waals surface area contributed by atoms with Gasteiger partial charge in [0, 0.05) is 5.56 Å². The third kappa shape index (κ3) is 3.57. The molecule has 1 rings (SSSR count). The van der Waals surface area contributed by atoms with Crippen molar-refractivity contribution in [1.82, 2.24) is 0 Å². The summed E-state index contributed by atoms with van der Waals surface area (Å²) in [4.78, 5) is 11.3. The van der Waals surface area contributed by atoms with Gasteiger partial charge in [0.1, 0.15) is 17.4 Å². The van der Waals surface area contributed by atoms with Gasteiger partial charge in [-0.25, -0.2) is 13.6 Å². The molecule has 1 aromatic carbocycles. The van der Waals surface area contributed by atoms with Crippen LogP contribution in [-0.4, -0.2) is 19.4 Å². The van der Waals surface area contributed by atoms with Gasteiger partial charge in [0.15, 0.2) is 0 Å². The molecule has 0 atom stereocenters. The second-order valence-corrected chi connectivity index (χ2v) is 3.39. The van der Waals surface area contributed by atoms with Gasteiger partial charge >= 0.3 is 12.3 Å². The van der Waals surface area contributed by atoms with Crippen LogP contribution in [0.15, 0.2) is 12.1 Å². The zero-order valence-electron chi connectivity index (χ0n) is 9.79. The molecule has 4 nitrogen and oxygen atoms in total. The molecule has 0 fully saturated rings. The summed E-state index contributed by atoms with van der Waals surface area (Å²) in [7, 11) is 0.892. The summed E-state index contributed by atoms with van der Waals surface area (Å²) < 4.78 is 69.4. The van der Waals surface area contributed by atoms with Crippen molar-refractivity contribution in [2.75, 3.05) is 7.11 Å². The van der Waals surface area contributed by atoms with Gasteiger partial charge in [0.2, 0.25) is 0 Å². The molecule has 9 heteroatoms. The van der Waals surface area contributed by atoms with Crippen LogP contribution < -0.4 is 4.74 Å². The number of hydrogen-bond donors (Lipinski definition) is 0. The Balaban J connectivity index is 3.52. The van der Waals surface area contributed by atoms with Crippen LogP contribution in [-0.2, 0) is 4.74 Å². The van der Waals surface area contributed by atoms with E-state index < -0.39 is 41.2 Å². The SMILES string of the molecule is COC(=O)c1cc(C(F)F)cc(OC(F)(F)F)c1C#N. The highest BCUT2D eigenvalue weighted by Crippen LogP contribution is 2.33. The third-order valence-electron chi connectivity index (χ3n) is 2.12. The lowest BCUT2D eigenvalue weighted by Gasteiger charge is -2.14. The van der Waals surface area contributed by atoms with E-state index >= 15 is 0 Å². The zero-order chi connectivity index (χ0) is 15.5. The van der Waals surface area contributed by atoms with Gasteiger partial charge in [-0.2, -0.15) is 5.26 Å². The lowest BCUT2D eigenvalue weighted by Crippen LogP contribution is -2.19. The van der Waals surface area contributed by atoms with Gasteiger partial charge in [0.25, 0.3) is 6.43 Å². The molecule has 0 aliphatic rings. The minimum atomic E-state index is -5.19. The number of halogens is 5. The van der Waals surface area contributed by atoms with E-state index in [4.69, 9.17) is 5.26 Å². The molecule has 0 spiro atoms. The van der Waals surface area contributed by atoms with E-state index in [9.17, 15) is 26.7 Å². The number of nitriles is 1. The summed E-state index contributed by atoms with van der Waals surface area (Å²) in [6.07, 6.45) is -8.35. The molecule has 0 aliphatic heterocycles. The van der Waals surface area contributed by atoms with Crippen molar-refractivity contribution < 1.29 is 36.2 Å². The van der Waals surface area contributed by atoms with Crippen LogP contribution in [0.5, 0.6) is 5.75 Å². The minimum absolute atomic E-state index is 0.350. The summed E-state index contributed by atoms with van der Waals surface area (Å²) in [5.41, 5.74) is -2.46. The van der Waals surface area contributed by atoms with Gasteiger partial charge in [-0.15, -0.1) is 13.2 Å². The molecular formula is C11H6F5NO3. The quantitative estimate of drug-likeness (QED) is 0.634. The smallest absolute Gasteiger partial charge is 0.465 e. The number of hydrogen-bond acceptors (Lipinski definition) is 4. The molecule has 108 valence electrons. The molecule has 0 amide bonds. The largest absolute Gasteiger partial charge is 0.573 e. The number of nitrogens with zero attached hydrogens (tertiary/aromatic N) is 1. The molecule has 0 radical (unpaired) electrons. The second-order valence-electron chi connectivity index (χ2n) is 3.39. The van der Waals surface area contributed by atoms with Crippen LogP contribution in [0.1, 0.15) is 27.9 Å². The van der Waals surface area contributed by atoms with E-state index in [1.807, 2.05) is 0 Å². The van der Waals surface area contributed by atoms with E-state index in [1.54, 1.807) is 0 Å². The Morgan fingerprint density at radius 1 is 1.35 bits per heavy atom. The van der Waals surface area contributed by atoms with Crippen molar-refractivity contribution in [2.24, 2.45) is 0 Å². The molecule has 0 unspecified atom stereocenters. The van der Waals surface area contributed by atoms with Crippen LogP contribution in [0.3, 0.4) is 0 Å². The zero-order valence-corrected chi connectivity index (χ0v) is 9.79. The monoisotopic (exact) mass is 295 g/mol. The average Bonchev–Trinajstić information content (AvgIpc) is 2.34. The van der Waals surface area contributed by atoms with Gasteiger partial charge in [-0.3, -0.25) is 0 Å². The molecule has 20 heavy (non-hydrogen) atoms. The summed E-state index contributed by atoms with van der Waals surface area (Å²) >= 11 is 0. The van der Waals surface area contributed by atoms with E-state index in [0.29, 0.717) is 12.1 Å². The molecular weight excluding hydrogens is 289 g/mol. The van der Waals surface area contributed by atoms with Crippen molar-refractivity contribution in [2.45, 2.75) is 12.8 Å². The molecule has 0 heterocycles. The molecule has 0 bridgehead atoms. The fourth-order valence-electron chi connectivity index (χ4n) is 1.35. The first-order valence-corrected chi connectivity index (χ1v) is 4.90. The Hall–Kier alpha value is -2.37. The number of esters is 1. The lowest BCUT2D eigenvalue weighted by molar-refractivity contribution is -0.274. The van der Waals surface area contributed by atoms with Gasteiger partial charge in [-0.1, -0.05) is 0 Å². The predicted octanol–water partition coefficient (Wildman–Crippen LogP) is 3.18. The van der Waals surface area contributed by atoms with Crippen LogP contribution >= 0.6 is 0 Å². The lowest BCUT2D eigenvalue weighted by atomic mass is 10.0. The van der Waals surface area contributed by atoms with E-state index in [-0.39, 0.29) is 0 Å². The van der Waals surface area contributed by atoms with Gasteiger partial charge in [-0.05, 0) is 12.1 Å². The van der Waals surface area contributed by atoms with Crippen LogP contribution in [0.25, 0.3) is 0 Å². The average molecular weight is 295 g/mol. The molecule has 0 saturated carbocycles. The first-order chi connectivity index (χ1) is 9.19. The van der Waals surface area contributed by atoms with E-state index in [1.165, 1.54) is 6.07 Å². The number of ether oxygens (including phenoxy) is 2. The summed E-state index contributed by atoms with van der Waals surface area (Å²) in [5.74, 6) is -2.41. The number of benzene rings is 1. The first-order valence-electron chi connectivity index (χ1n) is 4.90. The summed E-state index contributed by atoms with van der Waals surface area (Å²) in [6, 6.07) is 2.23. The highest BCUT2D eigenvalue weighted by atomic mass is 19.4. The molecule has 0 N–H and O–H groups in total. The maximum absolute atomic E-state index is 12.6. The van der Waals surface area contributed by atoms with Crippen molar-refractivity contribution in [1.29, 1.82) is 5.26 Å². The molecule has 0 aliphatic carbocycles. The van der Waals surface area contributed by atoms with Crippen molar-refractivity contribution >= 4 is 5.97 Å². The Morgan fingerprint density at radius 2 is 1.95 bits per heavy atom. The van der Waals surface area contributed by atoms with Crippen LogP contribution in [0.4, 0.5) is 22.0 Å². The highest BCUT2D eigenvalue weighted by molar-refractivity contribution is 5.93. The van der Waals surface area contributed by atoms with Crippen molar-refractivity contribution in [3.8, 4) is 11.8 Å². The Morgan fingerprint density at radius 3 is 2.35 bits per heavy atom. The first kappa shape index (κ1) is 15.7. The third-order valence-corrected chi connectivity index (χ3v) is 2.12. The maximum Gasteiger partial charge on any atom is 0.573 e. The van der Waals surface area contributed by atoms with Gasteiger partial charge in [0.05, 0.1) is 12.7 Å². The number of carbonyl (C=O) groups excluding carboxylic acids is 1. The topological polar surface area (TPSA) is 59.3 Å². The van der Waals surface area contributed by atoms with Crippen LogP contribution in [0.2, 0.25) is 0 Å². The summed E-state index contributed by atoms with van der Waals surface area (Å²) in [6.45, 7) is 0. The fourth-order valence-corrected chi connectivity index (χ4v) is 1.35. The Kier molecular flexibility index (Phi) is 4.49. The van der Waals surface area contributed by atoms with Crippen molar-refractivity contribution in [3.63, 3.8) is 0 Å². The Bertz CT molecular complexity index is 562. The summed E-state index contributed by atoms with van der Waals surface area (Å²) in [5, 5.41) is 8.78. The van der Waals surface area contributed by atoms with Crippen molar-refractivity contribution in [3.05, 3.63) is 28.8 Å². The highest BCUT2D eigenvalue weighted by Gasteiger charge is 2.34. The number of methoxy groups -OCH3 is 1. The van der Waals surface area contributed by atoms with Gasteiger partial charge < -0.3 is 9.47 Å². The standard InChI is InChI=1S/C11H6F5NO3/c1-19-10(18)6-2-5(9(12)13)3-8(7(6)4-17)20-11(14,15)16/h2-3,9H,1H3. The fraction of sp³-hybridized carbons (Fsp3) is 0.273. The normalized spacial score (nSPS) is 11.1.